The highest BCUT2D eigenvalue weighted by Gasteiger charge is 2.54. The number of benzene rings is 1. The molecule has 0 aliphatic carbocycles. The summed E-state index contributed by atoms with van der Waals surface area (Å²) in [6.45, 7) is 12.4. The first-order chi connectivity index (χ1) is 12.7. The molecule has 0 unspecified atom stereocenters. The van der Waals surface area contributed by atoms with Crippen molar-refractivity contribution in [2.75, 3.05) is 24.7 Å². The van der Waals surface area contributed by atoms with Gasteiger partial charge in [-0.25, -0.2) is 0 Å². The Morgan fingerprint density at radius 2 is 1.70 bits per heavy atom. The lowest BCUT2D eigenvalue weighted by molar-refractivity contribution is -0.126. The molecule has 27 heavy (non-hydrogen) atoms. The van der Waals surface area contributed by atoms with Gasteiger partial charge in [0, 0.05) is 25.4 Å². The van der Waals surface area contributed by atoms with Crippen LogP contribution in [-0.4, -0.2) is 44.0 Å². The number of carbonyl (C=O) groups excluding carboxylic acids is 1. The van der Waals surface area contributed by atoms with Gasteiger partial charge in [-0.2, -0.15) is 0 Å². The van der Waals surface area contributed by atoms with Gasteiger partial charge in [0.25, 0.3) is 0 Å². The molecule has 5 nitrogen and oxygen atoms in total. The second kappa shape index (κ2) is 6.33. The standard InChI is InChI=1S/C21H30BNO4/c1-6-11-23-17-14-15(22-26-19(2,3)20(4,5)27-22)7-8-16(17)21(18(23)24)9-12-25-13-10-21/h7-8,14H,6,9-13H2,1-5H3. The number of fused-ring (bicyclic) bond motifs is 2. The van der Waals surface area contributed by atoms with Gasteiger partial charge >= 0.3 is 7.12 Å². The largest absolute Gasteiger partial charge is 0.494 e. The third-order valence-electron chi connectivity index (χ3n) is 6.80. The third kappa shape index (κ3) is 2.76. The van der Waals surface area contributed by atoms with Crippen molar-refractivity contribution in [3.63, 3.8) is 0 Å². The van der Waals surface area contributed by atoms with Gasteiger partial charge in [-0.3, -0.25) is 4.79 Å². The van der Waals surface area contributed by atoms with Crippen LogP contribution < -0.4 is 10.4 Å². The van der Waals surface area contributed by atoms with Gasteiger partial charge in [0.05, 0.1) is 16.6 Å². The van der Waals surface area contributed by atoms with E-state index in [4.69, 9.17) is 14.0 Å². The molecule has 1 amide bonds. The SMILES string of the molecule is CCCN1C(=O)C2(CCOCC2)c2ccc(B3OC(C)(C)C(C)(C)O3)cc21. The van der Waals surface area contributed by atoms with Gasteiger partial charge in [-0.05, 0) is 64.1 Å². The number of hydrogen-bond donors (Lipinski definition) is 0. The molecule has 3 heterocycles. The summed E-state index contributed by atoms with van der Waals surface area (Å²) in [6, 6.07) is 6.30. The number of ether oxygens (including phenoxy) is 1. The number of rotatable bonds is 3. The van der Waals surface area contributed by atoms with Crippen LogP contribution in [0.25, 0.3) is 0 Å². The highest BCUT2D eigenvalue weighted by Crippen LogP contribution is 2.47. The highest BCUT2D eigenvalue weighted by atomic mass is 16.7. The average molecular weight is 371 g/mol. The van der Waals surface area contributed by atoms with E-state index < -0.39 is 12.5 Å². The lowest BCUT2D eigenvalue weighted by atomic mass is 9.73. The second-order valence-electron chi connectivity index (χ2n) is 9.02. The zero-order valence-corrected chi connectivity index (χ0v) is 17.1. The van der Waals surface area contributed by atoms with E-state index in [2.05, 4.69) is 52.8 Å². The first kappa shape index (κ1) is 19.0. The fourth-order valence-corrected chi connectivity index (χ4v) is 4.43. The summed E-state index contributed by atoms with van der Waals surface area (Å²) in [6.07, 6.45) is 2.45. The van der Waals surface area contributed by atoms with Crippen LogP contribution in [0.1, 0.15) is 59.4 Å². The molecule has 2 saturated heterocycles. The average Bonchev–Trinajstić information content (AvgIpc) is 2.98. The van der Waals surface area contributed by atoms with Crippen molar-refractivity contribution in [2.24, 2.45) is 0 Å². The number of nitrogens with zero attached hydrogens (tertiary/aromatic N) is 1. The van der Waals surface area contributed by atoms with Crippen molar-refractivity contribution in [1.82, 2.24) is 0 Å². The van der Waals surface area contributed by atoms with E-state index in [-0.39, 0.29) is 17.1 Å². The van der Waals surface area contributed by atoms with E-state index in [1.165, 1.54) is 0 Å². The predicted octanol–water partition coefficient (Wildman–Crippen LogP) is 2.79. The molecule has 1 aromatic rings. The number of anilines is 1. The van der Waals surface area contributed by atoms with Gasteiger partial charge < -0.3 is 18.9 Å². The van der Waals surface area contributed by atoms with Crippen LogP contribution >= 0.6 is 0 Å². The maximum atomic E-state index is 13.4. The van der Waals surface area contributed by atoms with Crippen LogP contribution in [0.4, 0.5) is 5.69 Å². The minimum Gasteiger partial charge on any atom is -0.399 e. The van der Waals surface area contributed by atoms with Crippen LogP contribution in [0, 0.1) is 0 Å². The molecule has 146 valence electrons. The van der Waals surface area contributed by atoms with Gasteiger partial charge in [0.1, 0.15) is 0 Å². The van der Waals surface area contributed by atoms with Crippen LogP contribution in [-0.2, 0) is 24.3 Å². The molecule has 6 heteroatoms. The molecule has 1 spiro atoms. The summed E-state index contributed by atoms with van der Waals surface area (Å²) in [5, 5.41) is 0. The molecule has 0 N–H and O–H groups in total. The summed E-state index contributed by atoms with van der Waals surface area (Å²) >= 11 is 0. The monoisotopic (exact) mass is 371 g/mol. The summed E-state index contributed by atoms with van der Waals surface area (Å²) in [4.78, 5) is 15.3. The quantitative estimate of drug-likeness (QED) is 0.767. The number of carbonyl (C=O) groups is 1. The van der Waals surface area contributed by atoms with E-state index in [0.29, 0.717) is 13.2 Å². The normalized spacial score (nSPS) is 25.3. The molecular weight excluding hydrogens is 341 g/mol. The lowest BCUT2D eigenvalue weighted by Gasteiger charge is -2.32. The smallest absolute Gasteiger partial charge is 0.399 e. The molecule has 0 atom stereocenters. The molecule has 4 rings (SSSR count). The Kier molecular flexibility index (Phi) is 4.45. The lowest BCUT2D eigenvalue weighted by Crippen LogP contribution is -2.44. The van der Waals surface area contributed by atoms with Crippen LogP contribution in [0.5, 0.6) is 0 Å². The zero-order chi connectivity index (χ0) is 19.4. The van der Waals surface area contributed by atoms with Crippen LogP contribution in [0.3, 0.4) is 0 Å². The summed E-state index contributed by atoms with van der Waals surface area (Å²) in [5.74, 6) is 0.230. The van der Waals surface area contributed by atoms with Crippen LogP contribution in [0.2, 0.25) is 0 Å². The molecule has 0 saturated carbocycles. The van der Waals surface area contributed by atoms with Gasteiger partial charge in [-0.15, -0.1) is 0 Å². The zero-order valence-electron chi connectivity index (χ0n) is 17.1. The van der Waals surface area contributed by atoms with Crippen molar-refractivity contribution in [2.45, 2.75) is 70.5 Å². The van der Waals surface area contributed by atoms with E-state index >= 15 is 0 Å². The Bertz CT molecular complexity index is 739. The minimum absolute atomic E-state index is 0.230. The highest BCUT2D eigenvalue weighted by molar-refractivity contribution is 6.62. The molecule has 0 radical (unpaired) electrons. The Morgan fingerprint density at radius 3 is 2.30 bits per heavy atom. The second-order valence-corrected chi connectivity index (χ2v) is 9.02. The molecule has 3 aliphatic heterocycles. The fourth-order valence-electron chi connectivity index (χ4n) is 4.43. The van der Waals surface area contributed by atoms with Crippen molar-refractivity contribution in [3.8, 4) is 0 Å². The maximum Gasteiger partial charge on any atom is 0.494 e. The Balaban J connectivity index is 1.73. The van der Waals surface area contributed by atoms with E-state index in [0.717, 1.165) is 42.5 Å². The molecular formula is C21H30BNO4. The third-order valence-corrected chi connectivity index (χ3v) is 6.80. The first-order valence-electron chi connectivity index (χ1n) is 10.1. The van der Waals surface area contributed by atoms with Crippen molar-refractivity contribution < 1.29 is 18.8 Å². The van der Waals surface area contributed by atoms with E-state index in [1.54, 1.807) is 0 Å². The molecule has 1 aromatic carbocycles. The maximum absolute atomic E-state index is 13.4. The number of hydrogen-bond acceptors (Lipinski definition) is 4. The van der Waals surface area contributed by atoms with E-state index in [9.17, 15) is 4.79 Å². The Labute approximate surface area is 162 Å². The summed E-state index contributed by atoms with van der Waals surface area (Å²) in [7, 11) is -0.412. The molecule has 0 aromatic heterocycles. The summed E-state index contributed by atoms with van der Waals surface area (Å²) < 4.78 is 18.0. The van der Waals surface area contributed by atoms with Gasteiger partial charge in [0.15, 0.2) is 0 Å². The molecule has 0 bridgehead atoms. The van der Waals surface area contributed by atoms with E-state index in [1.807, 2.05) is 4.90 Å². The topological polar surface area (TPSA) is 48.0 Å². The summed E-state index contributed by atoms with van der Waals surface area (Å²) in [5.41, 5.74) is 1.97. The van der Waals surface area contributed by atoms with Gasteiger partial charge in [0.2, 0.25) is 5.91 Å². The van der Waals surface area contributed by atoms with Crippen molar-refractivity contribution in [1.29, 1.82) is 0 Å². The Morgan fingerprint density at radius 1 is 1.07 bits per heavy atom. The number of amides is 1. The fraction of sp³-hybridized carbons (Fsp3) is 0.667. The first-order valence-corrected chi connectivity index (χ1v) is 10.1. The van der Waals surface area contributed by atoms with Gasteiger partial charge in [-0.1, -0.05) is 19.1 Å². The molecule has 2 fully saturated rings. The minimum atomic E-state index is -0.419. The van der Waals surface area contributed by atoms with Crippen molar-refractivity contribution in [3.05, 3.63) is 23.8 Å². The molecule has 3 aliphatic rings. The van der Waals surface area contributed by atoms with Crippen molar-refractivity contribution >= 4 is 24.2 Å². The van der Waals surface area contributed by atoms with Crippen LogP contribution in [0.15, 0.2) is 18.2 Å². The predicted molar refractivity (Wildman–Crippen MR) is 107 cm³/mol. The Hall–Kier alpha value is -1.37.